The number of hydrogen-bond donors (Lipinski definition) is 0. The van der Waals surface area contributed by atoms with Gasteiger partial charge in [-0.05, 0) is 25.0 Å². The number of halogens is 2. The number of alkyl halides is 2. The molecule has 0 aliphatic carbocycles. The van der Waals surface area contributed by atoms with Crippen molar-refractivity contribution < 1.29 is 13.6 Å². The lowest BCUT2D eigenvalue weighted by atomic mass is 9.96. The van der Waals surface area contributed by atoms with Gasteiger partial charge in [-0.3, -0.25) is 4.79 Å². The minimum Gasteiger partial charge on any atom is -0.340 e. The van der Waals surface area contributed by atoms with Crippen LogP contribution in [0, 0.1) is 5.92 Å². The summed E-state index contributed by atoms with van der Waals surface area (Å²) in [5, 5.41) is 0. The Hall–Kier alpha value is -1.98. The van der Waals surface area contributed by atoms with Gasteiger partial charge in [0.25, 0.3) is 0 Å². The largest absolute Gasteiger partial charge is 0.340 e. The lowest BCUT2D eigenvalue weighted by molar-refractivity contribution is -0.141. The van der Waals surface area contributed by atoms with Gasteiger partial charge in [-0.15, -0.1) is 0 Å². The number of benzene rings is 1. The molecule has 0 radical (unpaired) electrons. The van der Waals surface area contributed by atoms with Gasteiger partial charge < -0.3 is 9.47 Å². The number of nitrogens with zero attached hydrogens (tertiary/aromatic N) is 3. The second kappa shape index (κ2) is 5.42. The number of imidazole rings is 1. The van der Waals surface area contributed by atoms with Gasteiger partial charge in [0.2, 0.25) is 12.3 Å². The Bertz CT molecular complexity index is 649. The quantitative estimate of drug-likeness (QED) is 0.869. The van der Waals surface area contributed by atoms with Gasteiger partial charge in [0.1, 0.15) is 6.04 Å². The van der Waals surface area contributed by atoms with E-state index in [1.165, 1.54) is 0 Å². The topological polar surface area (TPSA) is 38.1 Å². The summed E-state index contributed by atoms with van der Waals surface area (Å²) in [7, 11) is 0. The lowest BCUT2D eigenvalue weighted by Gasteiger charge is -2.40. The molecule has 1 aromatic heterocycles. The third-order valence-electron chi connectivity index (χ3n) is 4.04. The fourth-order valence-corrected chi connectivity index (χ4v) is 2.82. The van der Waals surface area contributed by atoms with Crippen LogP contribution in [0.4, 0.5) is 8.78 Å². The van der Waals surface area contributed by atoms with Gasteiger partial charge in [0.15, 0.2) is 0 Å². The van der Waals surface area contributed by atoms with Crippen molar-refractivity contribution in [2.75, 3.05) is 13.1 Å². The van der Waals surface area contributed by atoms with Gasteiger partial charge in [0.05, 0.1) is 17.4 Å². The fraction of sp³-hybridized carbons (Fsp3) is 0.467. The molecule has 1 amide bonds. The third-order valence-corrected chi connectivity index (χ3v) is 4.04. The Labute approximate surface area is 121 Å². The van der Waals surface area contributed by atoms with E-state index in [0.717, 1.165) is 11.0 Å². The molecule has 2 heterocycles. The normalized spacial score (nSPS) is 17.2. The van der Waals surface area contributed by atoms with Gasteiger partial charge in [-0.25, -0.2) is 13.8 Å². The van der Waals surface area contributed by atoms with Crippen molar-refractivity contribution in [2.24, 2.45) is 5.92 Å². The fourth-order valence-electron chi connectivity index (χ4n) is 2.82. The Balaban J connectivity index is 1.69. The number of rotatable bonds is 4. The molecule has 1 atom stereocenters. The molecule has 1 unspecified atom stereocenters. The molecule has 21 heavy (non-hydrogen) atoms. The van der Waals surface area contributed by atoms with E-state index in [1.807, 2.05) is 35.8 Å². The van der Waals surface area contributed by atoms with E-state index in [9.17, 15) is 13.6 Å². The van der Waals surface area contributed by atoms with Crippen molar-refractivity contribution >= 4 is 16.9 Å². The zero-order valence-electron chi connectivity index (χ0n) is 11.7. The van der Waals surface area contributed by atoms with Crippen LogP contribution in [0.15, 0.2) is 30.6 Å². The summed E-state index contributed by atoms with van der Waals surface area (Å²) in [5.41, 5.74) is 1.75. The molecule has 1 fully saturated rings. The van der Waals surface area contributed by atoms with Crippen LogP contribution < -0.4 is 0 Å². The maximum absolute atomic E-state index is 12.4. The van der Waals surface area contributed by atoms with Crippen molar-refractivity contribution in [3.63, 3.8) is 0 Å². The van der Waals surface area contributed by atoms with E-state index in [0.29, 0.717) is 13.1 Å². The zero-order valence-corrected chi connectivity index (χ0v) is 11.7. The highest BCUT2D eigenvalue weighted by molar-refractivity contribution is 5.84. The highest BCUT2D eigenvalue weighted by Crippen LogP contribution is 2.26. The smallest absolute Gasteiger partial charge is 0.245 e. The third kappa shape index (κ3) is 2.62. The molecule has 0 saturated carbocycles. The molecule has 3 rings (SSSR count). The predicted octanol–water partition coefficient (Wildman–Crippen LogP) is 2.71. The van der Waals surface area contributed by atoms with Crippen molar-refractivity contribution in [3.05, 3.63) is 30.6 Å². The second-order valence-electron chi connectivity index (χ2n) is 5.55. The SMILES string of the molecule is CC(C(=O)N1CC(CC(F)F)C1)n1cnc2ccccc21. The van der Waals surface area contributed by atoms with Crippen LogP contribution in [-0.2, 0) is 4.79 Å². The van der Waals surface area contributed by atoms with Gasteiger partial charge in [0, 0.05) is 19.5 Å². The highest BCUT2D eigenvalue weighted by atomic mass is 19.3. The number of amides is 1. The molecule has 112 valence electrons. The van der Waals surface area contributed by atoms with E-state index >= 15 is 0 Å². The van der Waals surface area contributed by atoms with Crippen LogP contribution in [0.1, 0.15) is 19.4 Å². The maximum Gasteiger partial charge on any atom is 0.245 e. The van der Waals surface area contributed by atoms with Crippen molar-refractivity contribution in [2.45, 2.75) is 25.8 Å². The first-order valence-corrected chi connectivity index (χ1v) is 7.04. The summed E-state index contributed by atoms with van der Waals surface area (Å²) in [5.74, 6) is -0.107. The minimum atomic E-state index is -2.29. The van der Waals surface area contributed by atoms with E-state index in [-0.39, 0.29) is 24.3 Å². The maximum atomic E-state index is 12.4. The molecule has 0 spiro atoms. The molecule has 2 aromatic rings. The molecule has 1 aliphatic rings. The Morgan fingerprint density at radius 1 is 1.38 bits per heavy atom. The van der Waals surface area contributed by atoms with Gasteiger partial charge in [-0.2, -0.15) is 0 Å². The first-order valence-electron chi connectivity index (χ1n) is 7.04. The first kappa shape index (κ1) is 14.0. The van der Waals surface area contributed by atoms with Crippen LogP contribution >= 0.6 is 0 Å². The number of carbonyl (C=O) groups excluding carboxylic acids is 1. The summed E-state index contributed by atoms with van der Waals surface area (Å²) in [4.78, 5) is 18.3. The highest BCUT2D eigenvalue weighted by Gasteiger charge is 2.35. The Morgan fingerprint density at radius 3 is 2.81 bits per heavy atom. The van der Waals surface area contributed by atoms with Crippen LogP contribution in [0.2, 0.25) is 0 Å². The average Bonchev–Trinajstić information content (AvgIpc) is 2.84. The molecule has 4 nitrogen and oxygen atoms in total. The first-order chi connectivity index (χ1) is 10.1. The van der Waals surface area contributed by atoms with Gasteiger partial charge in [-0.1, -0.05) is 12.1 Å². The summed E-state index contributed by atoms with van der Waals surface area (Å²) in [6, 6.07) is 7.24. The Morgan fingerprint density at radius 2 is 2.10 bits per heavy atom. The molecule has 1 aromatic carbocycles. The average molecular weight is 293 g/mol. The van der Waals surface area contributed by atoms with E-state index in [2.05, 4.69) is 4.98 Å². The number of para-hydroxylation sites is 2. The number of likely N-dealkylation sites (tertiary alicyclic amines) is 1. The van der Waals surface area contributed by atoms with E-state index in [1.54, 1.807) is 11.2 Å². The van der Waals surface area contributed by atoms with Gasteiger partial charge >= 0.3 is 0 Å². The second-order valence-corrected chi connectivity index (χ2v) is 5.55. The van der Waals surface area contributed by atoms with Crippen molar-refractivity contribution in [3.8, 4) is 0 Å². The van der Waals surface area contributed by atoms with Crippen LogP contribution in [0.25, 0.3) is 11.0 Å². The summed E-state index contributed by atoms with van der Waals surface area (Å²) in [6.07, 6.45) is -0.752. The standard InChI is InChI=1S/C15H17F2N3O/c1-10(15(21)19-7-11(8-19)6-14(16)17)20-9-18-12-4-2-3-5-13(12)20/h2-5,9-11,14H,6-8H2,1H3. The molecule has 0 N–H and O–H groups in total. The molecular formula is C15H17F2N3O. The zero-order chi connectivity index (χ0) is 15.0. The van der Waals surface area contributed by atoms with Crippen LogP contribution in [0.3, 0.4) is 0 Å². The summed E-state index contributed by atoms with van der Waals surface area (Å²) >= 11 is 0. The number of carbonyl (C=O) groups is 1. The molecule has 1 saturated heterocycles. The number of fused-ring (bicyclic) bond motifs is 1. The van der Waals surface area contributed by atoms with E-state index < -0.39 is 6.43 Å². The van der Waals surface area contributed by atoms with E-state index in [4.69, 9.17) is 0 Å². The summed E-state index contributed by atoms with van der Waals surface area (Å²) < 4.78 is 26.4. The molecule has 6 heteroatoms. The predicted molar refractivity (Wildman–Crippen MR) is 75.1 cm³/mol. The van der Waals surface area contributed by atoms with Crippen LogP contribution in [-0.4, -0.2) is 39.9 Å². The summed E-state index contributed by atoms with van der Waals surface area (Å²) in [6.45, 7) is 2.68. The number of aromatic nitrogens is 2. The monoisotopic (exact) mass is 293 g/mol. The molecular weight excluding hydrogens is 276 g/mol. The van der Waals surface area contributed by atoms with Crippen molar-refractivity contribution in [1.29, 1.82) is 0 Å². The van der Waals surface area contributed by atoms with Crippen molar-refractivity contribution in [1.82, 2.24) is 14.5 Å². The minimum absolute atomic E-state index is 0.0383. The van der Waals surface area contributed by atoms with Crippen LogP contribution in [0.5, 0.6) is 0 Å². The molecule has 0 bridgehead atoms. The lowest BCUT2D eigenvalue weighted by Crippen LogP contribution is -2.52. The molecule has 1 aliphatic heterocycles. The number of hydrogen-bond acceptors (Lipinski definition) is 2. The Kier molecular flexibility index (Phi) is 3.61.